The third-order valence-corrected chi connectivity index (χ3v) is 4.79. The molecule has 11 heteroatoms. The van der Waals surface area contributed by atoms with Crippen molar-refractivity contribution in [1.29, 1.82) is 0 Å². The molecule has 172 valence electrons. The topological polar surface area (TPSA) is 75.8 Å². The van der Waals surface area contributed by atoms with E-state index in [-0.39, 0.29) is 29.9 Å². The molecule has 1 unspecified atom stereocenters. The van der Waals surface area contributed by atoms with Crippen LogP contribution >= 0.6 is 24.0 Å². The average molecular weight is 553 g/mol. The highest BCUT2D eigenvalue weighted by molar-refractivity contribution is 14.0. The SMILES string of the molecule is CN=C(NCCc1nc(C(C)C)no1)N1CCOC(c2cccc(C(F)(F)F)c2)C1.I. The van der Waals surface area contributed by atoms with Gasteiger partial charge in [0.15, 0.2) is 11.8 Å². The third-order valence-electron chi connectivity index (χ3n) is 4.79. The Hall–Kier alpha value is -1.89. The summed E-state index contributed by atoms with van der Waals surface area (Å²) >= 11 is 0. The Balaban J connectivity index is 0.00000341. The molecule has 0 aliphatic carbocycles. The molecule has 0 amide bonds. The minimum absolute atomic E-state index is 0. The smallest absolute Gasteiger partial charge is 0.370 e. The molecular weight excluding hydrogens is 526 g/mol. The fourth-order valence-electron chi connectivity index (χ4n) is 3.18. The summed E-state index contributed by atoms with van der Waals surface area (Å²) in [4.78, 5) is 10.6. The van der Waals surface area contributed by atoms with E-state index in [0.717, 1.165) is 12.1 Å². The molecule has 0 bridgehead atoms. The van der Waals surface area contributed by atoms with Gasteiger partial charge in [-0.25, -0.2) is 0 Å². The van der Waals surface area contributed by atoms with Gasteiger partial charge in [-0.2, -0.15) is 18.2 Å². The number of nitrogens with zero attached hydrogens (tertiary/aromatic N) is 4. The molecule has 1 N–H and O–H groups in total. The Morgan fingerprint density at radius 1 is 1.35 bits per heavy atom. The van der Waals surface area contributed by atoms with Crippen LogP contribution in [0.2, 0.25) is 0 Å². The molecule has 1 aliphatic rings. The minimum atomic E-state index is -4.38. The molecule has 1 aromatic heterocycles. The number of halogens is 4. The van der Waals surface area contributed by atoms with Crippen LogP contribution in [0.25, 0.3) is 0 Å². The Bertz CT molecular complexity index is 872. The van der Waals surface area contributed by atoms with E-state index >= 15 is 0 Å². The summed E-state index contributed by atoms with van der Waals surface area (Å²) in [5.74, 6) is 2.07. The van der Waals surface area contributed by atoms with Gasteiger partial charge in [-0.05, 0) is 17.7 Å². The van der Waals surface area contributed by atoms with Crippen LogP contribution in [0.15, 0.2) is 33.8 Å². The molecule has 2 aromatic rings. The largest absolute Gasteiger partial charge is 0.416 e. The van der Waals surface area contributed by atoms with Crippen molar-refractivity contribution in [3.05, 3.63) is 47.1 Å². The van der Waals surface area contributed by atoms with Gasteiger partial charge in [-0.1, -0.05) is 31.1 Å². The first-order valence-electron chi connectivity index (χ1n) is 9.84. The molecule has 31 heavy (non-hydrogen) atoms. The number of hydrogen-bond acceptors (Lipinski definition) is 5. The van der Waals surface area contributed by atoms with E-state index in [1.54, 1.807) is 13.1 Å². The number of guanidine groups is 1. The first-order chi connectivity index (χ1) is 14.3. The highest BCUT2D eigenvalue weighted by Crippen LogP contribution is 2.32. The quantitative estimate of drug-likeness (QED) is 0.343. The molecular formula is C20H27F3IN5O2. The van der Waals surface area contributed by atoms with Crippen molar-refractivity contribution in [3.63, 3.8) is 0 Å². The number of hydrogen-bond donors (Lipinski definition) is 1. The lowest BCUT2D eigenvalue weighted by atomic mass is 10.0. The molecule has 0 spiro atoms. The Kier molecular flexibility index (Phi) is 9.10. The number of aromatic nitrogens is 2. The molecule has 1 fully saturated rings. The second kappa shape index (κ2) is 11.1. The normalized spacial score (nSPS) is 17.6. The molecule has 3 rings (SSSR count). The molecule has 0 saturated carbocycles. The zero-order chi connectivity index (χ0) is 21.7. The molecule has 7 nitrogen and oxygen atoms in total. The van der Waals surface area contributed by atoms with Crippen molar-refractivity contribution in [3.8, 4) is 0 Å². The zero-order valence-corrected chi connectivity index (χ0v) is 20.0. The second-order valence-electron chi connectivity index (χ2n) is 7.35. The maximum atomic E-state index is 13.0. The predicted molar refractivity (Wildman–Crippen MR) is 121 cm³/mol. The number of benzene rings is 1. The van der Waals surface area contributed by atoms with Crippen LogP contribution in [0, 0.1) is 0 Å². The lowest BCUT2D eigenvalue weighted by Gasteiger charge is -2.35. The highest BCUT2D eigenvalue weighted by Gasteiger charge is 2.32. The summed E-state index contributed by atoms with van der Waals surface area (Å²) < 4.78 is 50.0. The van der Waals surface area contributed by atoms with E-state index in [1.807, 2.05) is 18.7 Å². The van der Waals surface area contributed by atoms with Crippen molar-refractivity contribution in [2.75, 3.05) is 33.3 Å². The molecule has 0 radical (unpaired) electrons. The van der Waals surface area contributed by atoms with Crippen molar-refractivity contribution in [2.45, 2.75) is 38.5 Å². The van der Waals surface area contributed by atoms with E-state index in [9.17, 15) is 13.2 Å². The van der Waals surface area contributed by atoms with Crippen molar-refractivity contribution < 1.29 is 22.4 Å². The van der Waals surface area contributed by atoms with Gasteiger partial charge in [0, 0.05) is 32.5 Å². The van der Waals surface area contributed by atoms with E-state index in [0.29, 0.717) is 55.9 Å². The standard InChI is InChI=1S/C20H26F3N5O2.HI/c1-13(2)18-26-17(30-27-18)7-8-25-19(24-3)28-9-10-29-16(12-28)14-5-4-6-15(11-14)20(21,22)23;/h4-6,11,13,16H,7-10,12H2,1-3H3,(H,24,25);1H. The fraction of sp³-hybridized carbons (Fsp3) is 0.550. The molecule has 1 aromatic carbocycles. The van der Waals surface area contributed by atoms with E-state index in [4.69, 9.17) is 9.26 Å². The van der Waals surface area contributed by atoms with Crippen LogP contribution in [0.1, 0.15) is 48.7 Å². The van der Waals surface area contributed by atoms with Crippen LogP contribution in [0.5, 0.6) is 0 Å². The van der Waals surface area contributed by atoms with E-state index in [1.165, 1.54) is 6.07 Å². The summed E-state index contributed by atoms with van der Waals surface area (Å²) in [7, 11) is 1.67. The summed E-state index contributed by atoms with van der Waals surface area (Å²) in [5, 5.41) is 7.19. The average Bonchev–Trinajstić information content (AvgIpc) is 3.20. The van der Waals surface area contributed by atoms with Gasteiger partial charge in [0.1, 0.15) is 6.10 Å². The van der Waals surface area contributed by atoms with Crippen LogP contribution in [-0.2, 0) is 17.3 Å². The number of ether oxygens (including phenoxy) is 1. The molecule has 2 heterocycles. The number of morpholine rings is 1. The third kappa shape index (κ3) is 6.79. The van der Waals surface area contributed by atoms with Crippen molar-refractivity contribution >= 4 is 29.9 Å². The van der Waals surface area contributed by atoms with Crippen LogP contribution in [0.3, 0.4) is 0 Å². The first kappa shape index (κ1) is 25.4. The number of aliphatic imine (C=N–C) groups is 1. The van der Waals surface area contributed by atoms with Crippen molar-refractivity contribution in [2.24, 2.45) is 4.99 Å². The molecule has 1 aliphatic heterocycles. The summed E-state index contributed by atoms with van der Waals surface area (Å²) in [6, 6.07) is 5.27. The highest BCUT2D eigenvalue weighted by atomic mass is 127. The Morgan fingerprint density at radius 3 is 2.77 bits per heavy atom. The first-order valence-corrected chi connectivity index (χ1v) is 9.84. The minimum Gasteiger partial charge on any atom is -0.370 e. The van der Waals surface area contributed by atoms with Gasteiger partial charge in [0.25, 0.3) is 0 Å². The summed E-state index contributed by atoms with van der Waals surface area (Å²) in [6.45, 7) is 5.91. The van der Waals surface area contributed by atoms with Gasteiger partial charge in [0.2, 0.25) is 5.89 Å². The number of nitrogens with one attached hydrogen (secondary N) is 1. The zero-order valence-electron chi connectivity index (χ0n) is 17.6. The second-order valence-corrected chi connectivity index (χ2v) is 7.35. The van der Waals surface area contributed by atoms with Gasteiger partial charge in [-0.3, -0.25) is 4.99 Å². The lowest BCUT2D eigenvalue weighted by molar-refractivity contribution is -0.137. The van der Waals surface area contributed by atoms with Gasteiger partial charge >= 0.3 is 6.18 Å². The maximum Gasteiger partial charge on any atom is 0.416 e. The van der Waals surface area contributed by atoms with Crippen LogP contribution in [-0.4, -0.2) is 54.3 Å². The summed E-state index contributed by atoms with van der Waals surface area (Å²) in [6.07, 6.45) is -4.31. The predicted octanol–water partition coefficient (Wildman–Crippen LogP) is 4.02. The van der Waals surface area contributed by atoms with E-state index < -0.39 is 17.8 Å². The summed E-state index contributed by atoms with van der Waals surface area (Å²) in [5.41, 5.74) is -0.180. The number of alkyl halides is 3. The van der Waals surface area contributed by atoms with Gasteiger partial charge in [0.05, 0.1) is 18.7 Å². The Labute approximate surface area is 196 Å². The monoisotopic (exact) mass is 553 g/mol. The van der Waals surface area contributed by atoms with Gasteiger partial charge in [-0.15, -0.1) is 24.0 Å². The Morgan fingerprint density at radius 2 is 2.13 bits per heavy atom. The van der Waals surface area contributed by atoms with E-state index in [2.05, 4.69) is 20.4 Å². The lowest BCUT2D eigenvalue weighted by Crippen LogP contribution is -2.48. The van der Waals surface area contributed by atoms with Gasteiger partial charge < -0.3 is 19.5 Å². The maximum absolute atomic E-state index is 13.0. The molecule has 1 atom stereocenters. The van der Waals surface area contributed by atoms with Crippen molar-refractivity contribution in [1.82, 2.24) is 20.4 Å². The molecule has 1 saturated heterocycles. The van der Waals surface area contributed by atoms with Crippen LogP contribution < -0.4 is 5.32 Å². The van der Waals surface area contributed by atoms with Crippen LogP contribution in [0.4, 0.5) is 13.2 Å². The number of rotatable bonds is 5. The fourth-order valence-corrected chi connectivity index (χ4v) is 3.18.